The van der Waals surface area contributed by atoms with Gasteiger partial charge in [-0.15, -0.1) is 0 Å². The van der Waals surface area contributed by atoms with Gasteiger partial charge in [0.1, 0.15) is 6.04 Å². The van der Waals surface area contributed by atoms with Crippen LogP contribution in [0.1, 0.15) is 22.0 Å². The van der Waals surface area contributed by atoms with Crippen LogP contribution >= 0.6 is 0 Å². The van der Waals surface area contributed by atoms with Crippen molar-refractivity contribution in [1.29, 1.82) is 0 Å². The number of carbonyl (C=O) groups is 2. The number of aliphatic carboxylic acids is 1. The zero-order chi connectivity index (χ0) is 14.7. The monoisotopic (exact) mass is 271 g/mol. The van der Waals surface area contributed by atoms with E-state index in [9.17, 15) is 14.7 Å². The van der Waals surface area contributed by atoms with Gasteiger partial charge in [0.2, 0.25) is 0 Å². The van der Waals surface area contributed by atoms with Gasteiger partial charge < -0.3 is 15.9 Å². The van der Waals surface area contributed by atoms with Gasteiger partial charge in [0.25, 0.3) is 0 Å². The topological polar surface area (TPSA) is 101 Å². The van der Waals surface area contributed by atoms with Crippen molar-refractivity contribution >= 4 is 11.9 Å². The minimum absolute atomic E-state index is 0.109. The summed E-state index contributed by atoms with van der Waals surface area (Å²) in [7, 11) is 0. The Bertz CT molecular complexity index is 666. The summed E-state index contributed by atoms with van der Waals surface area (Å²) in [6.07, 6.45) is 0. The molecule has 5 nitrogen and oxygen atoms in total. The van der Waals surface area contributed by atoms with Gasteiger partial charge in [0.05, 0.1) is 5.56 Å². The molecule has 0 saturated carbocycles. The average Bonchev–Trinajstić information content (AvgIpc) is 2.46. The fourth-order valence-electron chi connectivity index (χ4n) is 2.05. The molecular weight excluding hydrogens is 258 g/mol. The Morgan fingerprint density at radius 3 is 2.05 bits per heavy atom. The molecule has 2 aromatic rings. The zero-order valence-corrected chi connectivity index (χ0v) is 10.5. The van der Waals surface area contributed by atoms with Gasteiger partial charge >= 0.3 is 11.9 Å². The minimum Gasteiger partial charge on any atom is -0.480 e. The molecular formula is C15H13NO4. The van der Waals surface area contributed by atoms with E-state index in [4.69, 9.17) is 10.8 Å². The third-order valence-corrected chi connectivity index (χ3v) is 3.01. The van der Waals surface area contributed by atoms with Gasteiger partial charge in [-0.05, 0) is 22.8 Å². The SMILES string of the molecule is NC(C(=O)O)c1ccccc1-c1ccccc1C(=O)O. The first kappa shape index (κ1) is 13.8. The molecule has 0 spiro atoms. The third kappa shape index (κ3) is 2.53. The van der Waals surface area contributed by atoms with Crippen LogP contribution in [0.3, 0.4) is 0 Å². The summed E-state index contributed by atoms with van der Waals surface area (Å²) in [6.45, 7) is 0. The highest BCUT2D eigenvalue weighted by atomic mass is 16.4. The lowest BCUT2D eigenvalue weighted by atomic mass is 9.92. The number of benzene rings is 2. The molecule has 0 heterocycles. The highest BCUT2D eigenvalue weighted by molar-refractivity contribution is 5.97. The molecule has 0 amide bonds. The van der Waals surface area contributed by atoms with Crippen molar-refractivity contribution in [2.24, 2.45) is 5.73 Å². The highest BCUT2D eigenvalue weighted by Gasteiger charge is 2.20. The molecule has 0 radical (unpaired) electrons. The maximum absolute atomic E-state index is 11.3. The first-order chi connectivity index (χ1) is 9.52. The second-order valence-electron chi connectivity index (χ2n) is 4.25. The maximum atomic E-state index is 11.3. The number of carboxylic acid groups (broad SMARTS) is 2. The summed E-state index contributed by atoms with van der Waals surface area (Å²) >= 11 is 0. The van der Waals surface area contributed by atoms with Crippen molar-refractivity contribution in [3.63, 3.8) is 0 Å². The van der Waals surface area contributed by atoms with E-state index in [-0.39, 0.29) is 5.56 Å². The molecule has 20 heavy (non-hydrogen) atoms. The number of carboxylic acids is 2. The molecule has 0 aliphatic carbocycles. The number of aromatic carboxylic acids is 1. The van der Waals surface area contributed by atoms with Gasteiger partial charge in [-0.2, -0.15) is 0 Å². The fraction of sp³-hybridized carbons (Fsp3) is 0.0667. The van der Waals surface area contributed by atoms with Crippen LogP contribution < -0.4 is 5.73 Å². The normalized spacial score (nSPS) is 11.8. The summed E-state index contributed by atoms with van der Waals surface area (Å²) in [5.74, 6) is -2.23. The molecule has 0 aliphatic heterocycles. The molecule has 102 valence electrons. The van der Waals surface area contributed by atoms with Crippen LogP contribution in [0.25, 0.3) is 11.1 Å². The predicted molar refractivity (Wildman–Crippen MR) is 73.4 cm³/mol. The molecule has 1 atom stereocenters. The number of rotatable bonds is 4. The zero-order valence-electron chi connectivity index (χ0n) is 10.5. The third-order valence-electron chi connectivity index (χ3n) is 3.01. The molecule has 2 rings (SSSR count). The first-order valence-corrected chi connectivity index (χ1v) is 5.92. The second-order valence-corrected chi connectivity index (χ2v) is 4.25. The van der Waals surface area contributed by atoms with Crippen LogP contribution in [0.15, 0.2) is 48.5 Å². The van der Waals surface area contributed by atoms with Gasteiger partial charge in [-0.3, -0.25) is 4.79 Å². The Balaban J connectivity index is 2.65. The summed E-state index contributed by atoms with van der Waals surface area (Å²) in [5, 5.41) is 18.3. The predicted octanol–water partition coefficient (Wildman–Crippen LogP) is 2.14. The summed E-state index contributed by atoms with van der Waals surface area (Å²) in [6, 6.07) is 11.9. The Hall–Kier alpha value is -2.66. The van der Waals surface area contributed by atoms with E-state index < -0.39 is 18.0 Å². The standard InChI is InChI=1S/C15H13NO4/c16-13(15(19)20)11-7-3-1-5-9(11)10-6-2-4-8-12(10)14(17)18/h1-8,13H,16H2,(H,17,18)(H,19,20). The fourth-order valence-corrected chi connectivity index (χ4v) is 2.05. The van der Waals surface area contributed by atoms with Crippen molar-refractivity contribution < 1.29 is 19.8 Å². The Kier molecular flexibility index (Phi) is 3.81. The lowest BCUT2D eigenvalue weighted by Gasteiger charge is -2.14. The van der Waals surface area contributed by atoms with Gasteiger partial charge in [0.15, 0.2) is 0 Å². The molecule has 5 heteroatoms. The van der Waals surface area contributed by atoms with Crippen LogP contribution in [0.5, 0.6) is 0 Å². The number of nitrogens with two attached hydrogens (primary N) is 1. The van der Waals surface area contributed by atoms with E-state index in [1.165, 1.54) is 6.07 Å². The number of hydrogen-bond donors (Lipinski definition) is 3. The maximum Gasteiger partial charge on any atom is 0.336 e. The van der Waals surface area contributed by atoms with Gasteiger partial charge in [0, 0.05) is 0 Å². The van der Waals surface area contributed by atoms with Gasteiger partial charge in [-0.25, -0.2) is 4.79 Å². The van der Waals surface area contributed by atoms with E-state index in [1.54, 1.807) is 42.5 Å². The summed E-state index contributed by atoms with van der Waals surface area (Å²) in [5.41, 5.74) is 7.11. The van der Waals surface area contributed by atoms with E-state index in [1.807, 2.05) is 0 Å². The largest absolute Gasteiger partial charge is 0.480 e. The molecule has 2 aromatic carbocycles. The Labute approximate surface area is 115 Å². The van der Waals surface area contributed by atoms with E-state index in [0.29, 0.717) is 16.7 Å². The minimum atomic E-state index is -1.20. The molecule has 0 fully saturated rings. The Morgan fingerprint density at radius 2 is 1.45 bits per heavy atom. The highest BCUT2D eigenvalue weighted by Crippen LogP contribution is 2.30. The van der Waals surface area contributed by atoms with Crippen LogP contribution in [0.2, 0.25) is 0 Å². The molecule has 0 bridgehead atoms. The van der Waals surface area contributed by atoms with Crippen LogP contribution in [0, 0.1) is 0 Å². The molecule has 1 unspecified atom stereocenters. The van der Waals surface area contributed by atoms with Crippen molar-refractivity contribution in [1.82, 2.24) is 0 Å². The second kappa shape index (κ2) is 5.54. The molecule has 0 aliphatic rings. The van der Waals surface area contributed by atoms with Crippen LogP contribution in [-0.4, -0.2) is 22.2 Å². The van der Waals surface area contributed by atoms with E-state index in [2.05, 4.69) is 0 Å². The summed E-state index contributed by atoms with van der Waals surface area (Å²) in [4.78, 5) is 22.3. The van der Waals surface area contributed by atoms with Crippen molar-refractivity contribution in [2.75, 3.05) is 0 Å². The van der Waals surface area contributed by atoms with Crippen molar-refractivity contribution in [3.8, 4) is 11.1 Å². The quantitative estimate of drug-likeness (QED) is 0.790. The van der Waals surface area contributed by atoms with E-state index >= 15 is 0 Å². The Morgan fingerprint density at radius 1 is 0.900 bits per heavy atom. The van der Waals surface area contributed by atoms with Gasteiger partial charge in [-0.1, -0.05) is 42.5 Å². The summed E-state index contributed by atoms with van der Waals surface area (Å²) < 4.78 is 0. The van der Waals surface area contributed by atoms with Crippen molar-refractivity contribution in [3.05, 3.63) is 59.7 Å². The van der Waals surface area contributed by atoms with Crippen LogP contribution in [0.4, 0.5) is 0 Å². The molecule has 4 N–H and O–H groups in total. The lowest BCUT2D eigenvalue weighted by molar-refractivity contribution is -0.138. The molecule has 0 saturated heterocycles. The molecule has 0 aromatic heterocycles. The first-order valence-electron chi connectivity index (χ1n) is 5.92. The lowest BCUT2D eigenvalue weighted by Crippen LogP contribution is -2.21. The van der Waals surface area contributed by atoms with Crippen molar-refractivity contribution in [2.45, 2.75) is 6.04 Å². The smallest absolute Gasteiger partial charge is 0.336 e. The van der Waals surface area contributed by atoms with Crippen LogP contribution in [-0.2, 0) is 4.79 Å². The number of hydrogen-bond acceptors (Lipinski definition) is 3. The average molecular weight is 271 g/mol. The van der Waals surface area contributed by atoms with E-state index in [0.717, 1.165) is 0 Å².